The van der Waals surface area contributed by atoms with Crippen LogP contribution >= 0.6 is 0 Å². The lowest BCUT2D eigenvalue weighted by Gasteiger charge is -2.19. The molecule has 1 aromatic carbocycles. The zero-order valence-corrected chi connectivity index (χ0v) is 12.3. The minimum Gasteiger partial charge on any atom is -0.439 e. The van der Waals surface area contributed by atoms with Gasteiger partial charge in [0.15, 0.2) is 6.29 Å². The Labute approximate surface area is 119 Å². The average Bonchev–Trinajstić information content (AvgIpc) is 2.40. The number of rotatable bonds is 3. The smallest absolute Gasteiger partial charge is 0.222 e. The van der Waals surface area contributed by atoms with Gasteiger partial charge in [-0.15, -0.1) is 0 Å². The summed E-state index contributed by atoms with van der Waals surface area (Å²) in [6.07, 6.45) is 2.29. The maximum absolute atomic E-state index is 10.7. The van der Waals surface area contributed by atoms with Gasteiger partial charge in [-0.05, 0) is 36.1 Å². The first kappa shape index (κ1) is 14.3. The fraction of sp³-hybridized carbons (Fsp3) is 0.294. The third-order valence-electron chi connectivity index (χ3n) is 3.12. The molecule has 0 saturated carbocycles. The van der Waals surface area contributed by atoms with Crippen LogP contribution in [0.5, 0.6) is 11.6 Å². The van der Waals surface area contributed by atoms with E-state index in [1.807, 2.05) is 19.1 Å². The third-order valence-corrected chi connectivity index (χ3v) is 3.12. The number of aryl methyl sites for hydroxylation is 1. The molecule has 2 aromatic rings. The molecular weight excluding hydrogens is 250 g/mol. The molecular formula is C17H19NO2. The first-order valence-electron chi connectivity index (χ1n) is 6.60. The van der Waals surface area contributed by atoms with Gasteiger partial charge >= 0.3 is 0 Å². The second-order valence-corrected chi connectivity index (χ2v) is 5.88. The fourth-order valence-corrected chi connectivity index (χ4v) is 1.89. The van der Waals surface area contributed by atoms with Gasteiger partial charge in [-0.25, -0.2) is 4.98 Å². The minimum atomic E-state index is 0.123. The SMILES string of the molecule is Cc1cc(C=O)cnc1Oc1ccc(C(C)(C)C)cc1. The Kier molecular flexibility index (Phi) is 3.89. The highest BCUT2D eigenvalue weighted by Gasteiger charge is 2.13. The molecule has 0 N–H and O–H groups in total. The first-order chi connectivity index (χ1) is 9.40. The Balaban J connectivity index is 2.20. The number of carbonyl (C=O) groups excluding carboxylic acids is 1. The number of pyridine rings is 1. The fourth-order valence-electron chi connectivity index (χ4n) is 1.89. The van der Waals surface area contributed by atoms with Crippen LogP contribution in [0.25, 0.3) is 0 Å². The van der Waals surface area contributed by atoms with Crippen LogP contribution < -0.4 is 4.74 Å². The van der Waals surface area contributed by atoms with E-state index in [0.717, 1.165) is 17.6 Å². The highest BCUT2D eigenvalue weighted by Crippen LogP contribution is 2.27. The predicted octanol–water partition coefficient (Wildman–Crippen LogP) is 4.29. The van der Waals surface area contributed by atoms with Crippen LogP contribution in [-0.4, -0.2) is 11.3 Å². The topological polar surface area (TPSA) is 39.2 Å². The van der Waals surface area contributed by atoms with Gasteiger partial charge in [0.25, 0.3) is 0 Å². The summed E-state index contributed by atoms with van der Waals surface area (Å²) in [4.78, 5) is 14.8. The summed E-state index contributed by atoms with van der Waals surface area (Å²) in [5.41, 5.74) is 2.77. The van der Waals surface area contributed by atoms with Gasteiger partial charge in [0.1, 0.15) is 5.75 Å². The van der Waals surface area contributed by atoms with Gasteiger partial charge in [0.2, 0.25) is 5.88 Å². The van der Waals surface area contributed by atoms with E-state index >= 15 is 0 Å². The van der Waals surface area contributed by atoms with Gasteiger partial charge < -0.3 is 4.74 Å². The van der Waals surface area contributed by atoms with Crippen molar-refractivity contribution in [2.45, 2.75) is 33.1 Å². The predicted molar refractivity (Wildman–Crippen MR) is 79.6 cm³/mol. The number of hydrogen-bond acceptors (Lipinski definition) is 3. The quantitative estimate of drug-likeness (QED) is 0.780. The Morgan fingerprint density at radius 1 is 1.15 bits per heavy atom. The number of carbonyl (C=O) groups is 1. The summed E-state index contributed by atoms with van der Waals surface area (Å²) in [5, 5.41) is 0. The molecule has 0 unspecified atom stereocenters. The molecule has 2 rings (SSSR count). The molecule has 0 saturated heterocycles. The van der Waals surface area contributed by atoms with Crippen LogP contribution in [0, 0.1) is 6.92 Å². The second kappa shape index (κ2) is 5.45. The van der Waals surface area contributed by atoms with Crippen LogP contribution in [0.15, 0.2) is 36.5 Å². The normalized spacial score (nSPS) is 11.2. The number of ether oxygens (including phenoxy) is 1. The summed E-state index contributed by atoms with van der Waals surface area (Å²) < 4.78 is 5.75. The van der Waals surface area contributed by atoms with E-state index in [9.17, 15) is 4.79 Å². The van der Waals surface area contributed by atoms with Crippen molar-refractivity contribution in [2.24, 2.45) is 0 Å². The monoisotopic (exact) mass is 269 g/mol. The molecule has 0 bridgehead atoms. The maximum atomic E-state index is 10.7. The van der Waals surface area contributed by atoms with Crippen molar-refractivity contribution in [2.75, 3.05) is 0 Å². The molecule has 0 aliphatic rings. The highest BCUT2D eigenvalue weighted by molar-refractivity contribution is 5.74. The molecule has 0 atom stereocenters. The van der Waals surface area contributed by atoms with Crippen LogP contribution in [-0.2, 0) is 5.41 Å². The summed E-state index contributed by atoms with van der Waals surface area (Å²) in [6.45, 7) is 8.39. The molecule has 104 valence electrons. The van der Waals surface area contributed by atoms with Gasteiger partial charge in [0.05, 0.1) is 0 Å². The van der Waals surface area contributed by atoms with Crippen molar-refractivity contribution in [3.8, 4) is 11.6 Å². The zero-order chi connectivity index (χ0) is 14.8. The molecule has 0 fully saturated rings. The number of nitrogens with zero attached hydrogens (tertiary/aromatic N) is 1. The Morgan fingerprint density at radius 2 is 1.80 bits per heavy atom. The standard InChI is InChI=1S/C17H19NO2/c1-12-9-13(11-19)10-18-16(12)20-15-7-5-14(6-8-15)17(2,3)4/h5-11H,1-4H3. The van der Waals surface area contributed by atoms with Gasteiger partial charge in [-0.2, -0.15) is 0 Å². The van der Waals surface area contributed by atoms with E-state index < -0.39 is 0 Å². The van der Waals surface area contributed by atoms with Crippen molar-refractivity contribution < 1.29 is 9.53 Å². The molecule has 3 heteroatoms. The number of aldehydes is 1. The van der Waals surface area contributed by atoms with Crippen LogP contribution in [0.1, 0.15) is 42.3 Å². The lowest BCUT2D eigenvalue weighted by molar-refractivity contribution is 0.112. The summed E-state index contributed by atoms with van der Waals surface area (Å²) in [5.74, 6) is 1.27. The van der Waals surface area contributed by atoms with E-state index in [2.05, 4.69) is 37.9 Å². The van der Waals surface area contributed by atoms with Crippen molar-refractivity contribution >= 4 is 6.29 Å². The first-order valence-corrected chi connectivity index (χ1v) is 6.60. The molecule has 0 spiro atoms. The second-order valence-electron chi connectivity index (χ2n) is 5.88. The van der Waals surface area contributed by atoms with E-state index in [4.69, 9.17) is 4.74 Å². The zero-order valence-electron chi connectivity index (χ0n) is 12.3. The van der Waals surface area contributed by atoms with Gasteiger partial charge in [-0.1, -0.05) is 32.9 Å². The average molecular weight is 269 g/mol. The van der Waals surface area contributed by atoms with Crippen molar-refractivity contribution in [1.29, 1.82) is 0 Å². The molecule has 20 heavy (non-hydrogen) atoms. The van der Waals surface area contributed by atoms with E-state index in [1.54, 1.807) is 6.07 Å². The van der Waals surface area contributed by atoms with Crippen molar-refractivity contribution in [3.05, 3.63) is 53.2 Å². The van der Waals surface area contributed by atoms with Crippen LogP contribution in [0.3, 0.4) is 0 Å². The minimum absolute atomic E-state index is 0.123. The third kappa shape index (κ3) is 3.23. The molecule has 0 amide bonds. The number of benzene rings is 1. The van der Waals surface area contributed by atoms with E-state index in [1.165, 1.54) is 11.8 Å². The van der Waals surface area contributed by atoms with Gasteiger partial charge in [-0.3, -0.25) is 4.79 Å². The lowest BCUT2D eigenvalue weighted by Crippen LogP contribution is -2.10. The van der Waals surface area contributed by atoms with Crippen LogP contribution in [0.2, 0.25) is 0 Å². The van der Waals surface area contributed by atoms with Crippen molar-refractivity contribution in [1.82, 2.24) is 4.98 Å². The lowest BCUT2D eigenvalue weighted by atomic mass is 9.87. The Bertz CT molecular complexity index is 610. The van der Waals surface area contributed by atoms with E-state index in [0.29, 0.717) is 11.4 Å². The molecule has 0 radical (unpaired) electrons. The molecule has 1 heterocycles. The molecule has 3 nitrogen and oxygen atoms in total. The van der Waals surface area contributed by atoms with Gasteiger partial charge in [0, 0.05) is 17.3 Å². The molecule has 0 aliphatic carbocycles. The largest absolute Gasteiger partial charge is 0.439 e. The Hall–Kier alpha value is -2.16. The summed E-state index contributed by atoms with van der Waals surface area (Å²) in [6, 6.07) is 9.76. The molecule has 1 aromatic heterocycles. The number of aromatic nitrogens is 1. The Morgan fingerprint density at radius 3 is 2.30 bits per heavy atom. The maximum Gasteiger partial charge on any atom is 0.222 e. The number of hydrogen-bond donors (Lipinski definition) is 0. The highest BCUT2D eigenvalue weighted by atomic mass is 16.5. The van der Waals surface area contributed by atoms with Crippen molar-refractivity contribution in [3.63, 3.8) is 0 Å². The summed E-state index contributed by atoms with van der Waals surface area (Å²) in [7, 11) is 0. The molecule has 0 aliphatic heterocycles. The van der Waals surface area contributed by atoms with E-state index in [-0.39, 0.29) is 5.41 Å². The summed E-state index contributed by atoms with van der Waals surface area (Å²) >= 11 is 0. The van der Waals surface area contributed by atoms with Crippen LogP contribution in [0.4, 0.5) is 0 Å².